The molecule has 1 aliphatic heterocycles. The topological polar surface area (TPSA) is 71.8 Å². The van der Waals surface area contributed by atoms with E-state index in [-0.39, 0.29) is 18.4 Å². The van der Waals surface area contributed by atoms with Crippen LogP contribution in [-0.4, -0.2) is 87.5 Å². The van der Waals surface area contributed by atoms with Crippen LogP contribution >= 0.6 is 21.6 Å². The molecule has 10 heteroatoms. The number of aromatic nitrogens is 1. The van der Waals surface area contributed by atoms with E-state index < -0.39 is 0 Å². The van der Waals surface area contributed by atoms with E-state index in [0.717, 1.165) is 53.5 Å². The molecule has 1 aromatic carbocycles. The Balaban J connectivity index is 1.09. The summed E-state index contributed by atoms with van der Waals surface area (Å²) < 4.78 is 1.95. The van der Waals surface area contributed by atoms with Gasteiger partial charge in [0.1, 0.15) is 0 Å². The number of amides is 2. The first-order valence-corrected chi connectivity index (χ1v) is 18.9. The maximum absolute atomic E-state index is 12.7. The van der Waals surface area contributed by atoms with Crippen LogP contribution in [0.1, 0.15) is 24.1 Å². The number of hydrogen-bond donors (Lipinski definition) is 2. The summed E-state index contributed by atoms with van der Waals surface area (Å²) in [6.07, 6.45) is 22.9. The van der Waals surface area contributed by atoms with Crippen molar-refractivity contribution in [2.45, 2.75) is 19.4 Å². The molecular weight excluding hydrogens is 637 g/mol. The van der Waals surface area contributed by atoms with E-state index in [4.69, 9.17) is 0 Å². The van der Waals surface area contributed by atoms with Gasteiger partial charge in [0.2, 0.25) is 18.1 Å². The molecule has 0 spiro atoms. The molecule has 2 N–H and O–H groups in total. The van der Waals surface area contributed by atoms with E-state index in [1.165, 1.54) is 11.3 Å². The number of pyridine rings is 1. The van der Waals surface area contributed by atoms with Crippen molar-refractivity contribution < 1.29 is 14.2 Å². The normalized spacial score (nSPS) is 14.5. The van der Waals surface area contributed by atoms with Gasteiger partial charge in [-0.25, -0.2) is 0 Å². The number of benzene rings is 1. The van der Waals surface area contributed by atoms with Gasteiger partial charge in [-0.3, -0.25) is 9.59 Å². The molecule has 4 rings (SSSR count). The summed E-state index contributed by atoms with van der Waals surface area (Å²) in [5, 5.41) is 6.07. The highest BCUT2D eigenvalue weighted by molar-refractivity contribution is 8.76. The number of nitrogens with one attached hydrogen (secondary N) is 2. The Labute approximate surface area is 294 Å². The van der Waals surface area contributed by atoms with Crippen LogP contribution in [-0.2, 0) is 16.1 Å². The molecule has 0 radical (unpaired) electrons. The van der Waals surface area contributed by atoms with Gasteiger partial charge in [-0.1, -0.05) is 58.0 Å². The van der Waals surface area contributed by atoms with Crippen LogP contribution < -0.4 is 20.1 Å². The van der Waals surface area contributed by atoms with Gasteiger partial charge >= 0.3 is 0 Å². The molecule has 0 saturated heterocycles. The van der Waals surface area contributed by atoms with Crippen LogP contribution in [0.4, 0.5) is 5.69 Å². The van der Waals surface area contributed by atoms with E-state index >= 15 is 0 Å². The summed E-state index contributed by atoms with van der Waals surface area (Å²) in [5.74, 6) is 1.60. The Morgan fingerprint density at radius 3 is 2.27 bits per heavy atom. The van der Waals surface area contributed by atoms with E-state index in [1.54, 1.807) is 21.6 Å². The molecule has 2 heterocycles. The molecule has 254 valence electrons. The van der Waals surface area contributed by atoms with Crippen molar-refractivity contribution in [3.63, 3.8) is 0 Å². The second kappa shape index (κ2) is 19.6. The third-order valence-electron chi connectivity index (χ3n) is 7.87. The van der Waals surface area contributed by atoms with Crippen LogP contribution in [0.15, 0.2) is 108 Å². The summed E-state index contributed by atoms with van der Waals surface area (Å²) in [6, 6.07) is 14.3. The van der Waals surface area contributed by atoms with Crippen molar-refractivity contribution in [1.82, 2.24) is 20.4 Å². The van der Waals surface area contributed by atoms with Gasteiger partial charge in [-0.15, -0.1) is 0 Å². The van der Waals surface area contributed by atoms with E-state index in [9.17, 15) is 9.59 Å². The van der Waals surface area contributed by atoms with Crippen molar-refractivity contribution >= 4 is 51.2 Å². The lowest BCUT2D eigenvalue weighted by Crippen LogP contribution is -2.45. The average Bonchev–Trinajstić information content (AvgIpc) is 3.09. The molecule has 0 unspecified atom stereocenters. The zero-order valence-corrected chi connectivity index (χ0v) is 30.2. The van der Waals surface area contributed by atoms with Crippen molar-refractivity contribution in [3.8, 4) is 0 Å². The average molecular weight is 686 g/mol. The summed E-state index contributed by atoms with van der Waals surface area (Å²) in [7, 11) is 11.6. The zero-order chi connectivity index (χ0) is 34.1. The summed E-state index contributed by atoms with van der Waals surface area (Å²) in [6.45, 7) is 2.51. The molecule has 8 nitrogen and oxygen atoms in total. The van der Waals surface area contributed by atoms with Crippen molar-refractivity contribution in [2.24, 2.45) is 0 Å². The largest absolute Gasteiger partial charge is 0.381 e. The van der Waals surface area contributed by atoms with Crippen LogP contribution in [0.3, 0.4) is 0 Å². The summed E-state index contributed by atoms with van der Waals surface area (Å²) in [5.41, 5.74) is 6.91. The third-order valence-corrected chi connectivity index (χ3v) is 10.3. The maximum atomic E-state index is 12.7. The smallest absolute Gasteiger partial charge is 0.286 e. The lowest BCUT2D eigenvalue weighted by molar-refractivity contribution is -0.686. The van der Waals surface area contributed by atoms with E-state index in [0.29, 0.717) is 19.6 Å². The third kappa shape index (κ3) is 12.5. The minimum Gasteiger partial charge on any atom is -0.381 e. The molecule has 0 atom stereocenters. The quantitative estimate of drug-likeness (QED) is 0.133. The van der Waals surface area contributed by atoms with Crippen molar-refractivity contribution in [3.05, 3.63) is 119 Å². The Kier molecular flexibility index (Phi) is 15.0. The van der Waals surface area contributed by atoms with Crippen LogP contribution in [0.25, 0.3) is 12.2 Å². The van der Waals surface area contributed by atoms with Crippen LogP contribution in [0.2, 0.25) is 0 Å². The first kappa shape index (κ1) is 36.7. The summed E-state index contributed by atoms with van der Waals surface area (Å²) in [4.78, 5) is 31.7. The van der Waals surface area contributed by atoms with Crippen LogP contribution in [0.5, 0.6) is 0 Å². The summed E-state index contributed by atoms with van der Waals surface area (Å²) >= 11 is 0. The zero-order valence-electron chi connectivity index (χ0n) is 28.6. The van der Waals surface area contributed by atoms with Gasteiger partial charge in [0, 0.05) is 94.6 Å². The highest BCUT2D eigenvalue weighted by Gasteiger charge is 2.14. The minimum absolute atomic E-state index is 0.0179. The number of hydrogen-bond acceptors (Lipinski definition) is 7. The highest BCUT2D eigenvalue weighted by Crippen LogP contribution is 2.22. The Bertz CT molecular complexity index is 1560. The number of allylic oxidation sites excluding steroid dienone is 8. The van der Waals surface area contributed by atoms with Gasteiger partial charge in [-0.2, -0.15) is 4.57 Å². The molecule has 48 heavy (non-hydrogen) atoms. The monoisotopic (exact) mass is 685 g/mol. The fraction of sp³-hybridized carbons (Fsp3) is 0.342. The van der Waals surface area contributed by atoms with Gasteiger partial charge in [0.25, 0.3) is 5.91 Å². The van der Waals surface area contributed by atoms with Crippen molar-refractivity contribution in [2.75, 3.05) is 70.8 Å². The van der Waals surface area contributed by atoms with Crippen molar-refractivity contribution in [1.29, 1.82) is 0 Å². The first-order chi connectivity index (χ1) is 23.3. The molecule has 1 aliphatic carbocycles. The fourth-order valence-electron chi connectivity index (χ4n) is 5.10. The molecule has 2 amide bonds. The first-order valence-electron chi connectivity index (χ1n) is 16.4. The number of carbonyl (C=O) groups is 2. The molecule has 0 fully saturated rings. The molecular formula is C38H49N6O2S2+. The molecule has 2 aromatic rings. The second-order valence-corrected chi connectivity index (χ2v) is 14.6. The standard InChI is InChI=1S/C38H48N6O2S2/c1-41(2)33-17-11-31(12-18-33)15-21-35-9-5-7-25-43(35)29-37(45)39-23-27-47-48-28-24-40-38(46)30-44-26-8-6-10-36(44)22-16-32-13-19-34(20-14-32)42(3)4/h5-13,15-19,21-22,25H,14,20,23-24,26-30H2,1-4H3,(H-,39,40,45,46)/p+1/b22-16+. The molecule has 0 bridgehead atoms. The molecule has 2 aliphatic rings. The number of rotatable bonds is 17. The number of nitrogens with zero attached hydrogens (tertiary/aromatic N) is 4. The predicted molar refractivity (Wildman–Crippen MR) is 204 cm³/mol. The number of anilines is 1. The lowest BCUT2D eigenvalue weighted by Gasteiger charge is -2.26. The molecule has 0 saturated carbocycles. The lowest BCUT2D eigenvalue weighted by atomic mass is 10.0. The van der Waals surface area contributed by atoms with Gasteiger partial charge in [0.05, 0.1) is 6.54 Å². The Hall–Kier alpha value is -4.15. The van der Waals surface area contributed by atoms with E-state index in [1.807, 2.05) is 55.2 Å². The Morgan fingerprint density at radius 2 is 1.58 bits per heavy atom. The fourth-order valence-corrected chi connectivity index (χ4v) is 6.91. The second-order valence-electron chi connectivity index (χ2n) is 11.9. The van der Waals surface area contributed by atoms with Gasteiger partial charge in [0.15, 0.2) is 6.20 Å². The van der Waals surface area contributed by atoms with Gasteiger partial charge < -0.3 is 25.3 Å². The maximum Gasteiger partial charge on any atom is 0.286 e. The number of carbonyl (C=O) groups excluding carboxylic acids is 2. The highest BCUT2D eigenvalue weighted by atomic mass is 33.1. The SMILES string of the molecule is CN(C)C1=CC=C(/C=C/C2=CC=CCN2CC(=O)NCCSSCCNC(=O)C[n+]2ccccc2/C=C/c2ccc(N(C)C)cc2)CC1. The van der Waals surface area contributed by atoms with Gasteiger partial charge in [-0.05, 0) is 66.5 Å². The predicted octanol–water partition coefficient (Wildman–Crippen LogP) is 5.30. The molecule has 1 aromatic heterocycles. The Morgan fingerprint density at radius 1 is 0.833 bits per heavy atom. The minimum atomic E-state index is -0.0179. The van der Waals surface area contributed by atoms with Crippen LogP contribution in [0, 0.1) is 0 Å². The van der Waals surface area contributed by atoms with E-state index in [2.05, 4.69) is 106 Å².